The first-order chi connectivity index (χ1) is 7.22. The highest BCUT2D eigenvalue weighted by molar-refractivity contribution is 4.97. The van der Waals surface area contributed by atoms with Crippen LogP contribution in [0.25, 0.3) is 0 Å². The fraction of sp³-hybridized carbons (Fsp3) is 0.857. The van der Waals surface area contributed by atoms with E-state index in [4.69, 9.17) is 0 Å². The van der Waals surface area contributed by atoms with Gasteiger partial charge < -0.3 is 5.32 Å². The molecule has 0 aliphatic heterocycles. The van der Waals surface area contributed by atoms with Gasteiger partial charge in [0.1, 0.15) is 0 Å². The third-order valence-corrected chi connectivity index (χ3v) is 4.09. The Kier molecular flexibility index (Phi) is 3.50. The van der Waals surface area contributed by atoms with E-state index in [1.165, 1.54) is 44.9 Å². The average molecular weight is 207 g/mol. The molecule has 1 heteroatoms. The molecule has 0 aromatic carbocycles. The van der Waals surface area contributed by atoms with E-state index in [2.05, 4.69) is 24.9 Å². The average Bonchev–Trinajstić information content (AvgIpc) is 2.94. The van der Waals surface area contributed by atoms with Crippen molar-refractivity contribution in [2.45, 2.75) is 57.9 Å². The molecule has 0 aromatic heterocycles. The summed E-state index contributed by atoms with van der Waals surface area (Å²) in [7, 11) is 0. The van der Waals surface area contributed by atoms with E-state index in [0.29, 0.717) is 5.41 Å². The molecule has 0 spiro atoms. The van der Waals surface area contributed by atoms with E-state index >= 15 is 0 Å². The molecule has 86 valence electrons. The van der Waals surface area contributed by atoms with Gasteiger partial charge in [-0.05, 0) is 30.6 Å². The Bertz CT molecular complexity index is 213. The van der Waals surface area contributed by atoms with Crippen LogP contribution in [0.5, 0.6) is 0 Å². The van der Waals surface area contributed by atoms with Crippen LogP contribution >= 0.6 is 0 Å². The SMILES string of the molecule is C=CC(C)(CNC1CC1)CC1CCCC1. The summed E-state index contributed by atoms with van der Waals surface area (Å²) < 4.78 is 0. The molecule has 2 rings (SSSR count). The van der Waals surface area contributed by atoms with Crippen molar-refractivity contribution in [2.24, 2.45) is 11.3 Å². The second kappa shape index (κ2) is 4.69. The van der Waals surface area contributed by atoms with E-state index in [9.17, 15) is 0 Å². The Balaban J connectivity index is 1.78. The molecule has 1 nitrogen and oxygen atoms in total. The van der Waals surface area contributed by atoms with Crippen molar-refractivity contribution in [1.29, 1.82) is 0 Å². The van der Waals surface area contributed by atoms with Crippen LogP contribution in [0.4, 0.5) is 0 Å². The number of rotatable bonds is 6. The van der Waals surface area contributed by atoms with E-state index in [-0.39, 0.29) is 0 Å². The smallest absolute Gasteiger partial charge is 0.00685 e. The predicted octanol–water partition coefficient (Wildman–Crippen LogP) is 3.51. The molecule has 2 aliphatic rings. The summed E-state index contributed by atoms with van der Waals surface area (Å²) in [6, 6.07) is 0.827. The van der Waals surface area contributed by atoms with Crippen molar-refractivity contribution in [2.75, 3.05) is 6.54 Å². The fourth-order valence-corrected chi connectivity index (χ4v) is 2.77. The lowest BCUT2D eigenvalue weighted by atomic mass is 9.80. The minimum absolute atomic E-state index is 0.331. The van der Waals surface area contributed by atoms with Crippen molar-refractivity contribution in [3.63, 3.8) is 0 Å². The van der Waals surface area contributed by atoms with Gasteiger partial charge in [0.05, 0.1) is 0 Å². The highest BCUT2D eigenvalue weighted by atomic mass is 15.0. The maximum absolute atomic E-state index is 4.03. The Labute approximate surface area is 94.3 Å². The molecule has 0 bridgehead atoms. The lowest BCUT2D eigenvalue weighted by Gasteiger charge is -2.29. The highest BCUT2D eigenvalue weighted by Gasteiger charge is 2.29. The lowest BCUT2D eigenvalue weighted by molar-refractivity contribution is 0.294. The Morgan fingerprint density at radius 3 is 2.47 bits per heavy atom. The van der Waals surface area contributed by atoms with Crippen LogP contribution in [0.3, 0.4) is 0 Å². The van der Waals surface area contributed by atoms with E-state index in [1.807, 2.05) is 0 Å². The second-order valence-electron chi connectivity index (χ2n) is 5.87. The monoisotopic (exact) mass is 207 g/mol. The summed E-state index contributed by atoms with van der Waals surface area (Å²) in [5.41, 5.74) is 0.331. The molecule has 15 heavy (non-hydrogen) atoms. The first-order valence-electron chi connectivity index (χ1n) is 6.59. The zero-order chi connectivity index (χ0) is 10.7. The van der Waals surface area contributed by atoms with Gasteiger partial charge in [-0.2, -0.15) is 0 Å². The van der Waals surface area contributed by atoms with Gasteiger partial charge in [-0.1, -0.05) is 38.7 Å². The molecule has 1 unspecified atom stereocenters. The zero-order valence-electron chi connectivity index (χ0n) is 10.1. The molecule has 0 radical (unpaired) electrons. The van der Waals surface area contributed by atoms with Crippen LogP contribution in [0, 0.1) is 11.3 Å². The van der Waals surface area contributed by atoms with E-state index < -0.39 is 0 Å². The van der Waals surface area contributed by atoms with Crippen LogP contribution in [0.1, 0.15) is 51.9 Å². The molecule has 1 atom stereocenters. The van der Waals surface area contributed by atoms with Crippen molar-refractivity contribution in [3.8, 4) is 0 Å². The third kappa shape index (κ3) is 3.34. The Morgan fingerprint density at radius 1 is 1.27 bits per heavy atom. The summed E-state index contributed by atoms with van der Waals surface area (Å²) in [6.07, 6.45) is 12.1. The summed E-state index contributed by atoms with van der Waals surface area (Å²) in [5, 5.41) is 3.65. The molecule has 0 heterocycles. The summed E-state index contributed by atoms with van der Waals surface area (Å²) >= 11 is 0. The lowest BCUT2D eigenvalue weighted by Crippen LogP contribution is -2.33. The third-order valence-electron chi connectivity index (χ3n) is 4.09. The van der Waals surface area contributed by atoms with Gasteiger partial charge in [-0.15, -0.1) is 6.58 Å². The molecular formula is C14H25N. The largest absolute Gasteiger partial charge is 0.313 e. The molecule has 2 saturated carbocycles. The molecular weight excluding hydrogens is 182 g/mol. The summed E-state index contributed by atoms with van der Waals surface area (Å²) in [6.45, 7) is 7.54. The minimum Gasteiger partial charge on any atom is -0.313 e. The van der Waals surface area contributed by atoms with Crippen LogP contribution in [-0.4, -0.2) is 12.6 Å². The standard InChI is InChI=1S/C14H25N/c1-3-14(2,11-15-13-8-9-13)10-12-6-4-5-7-12/h3,12-13,15H,1,4-11H2,2H3. The first kappa shape index (κ1) is 11.2. The first-order valence-corrected chi connectivity index (χ1v) is 6.59. The summed E-state index contributed by atoms with van der Waals surface area (Å²) in [4.78, 5) is 0. The van der Waals surface area contributed by atoms with Gasteiger partial charge in [0, 0.05) is 12.6 Å². The van der Waals surface area contributed by atoms with Crippen LogP contribution < -0.4 is 5.32 Å². The quantitative estimate of drug-likeness (QED) is 0.657. The topological polar surface area (TPSA) is 12.0 Å². The van der Waals surface area contributed by atoms with Gasteiger partial charge in [-0.25, -0.2) is 0 Å². The van der Waals surface area contributed by atoms with Gasteiger partial charge in [0.25, 0.3) is 0 Å². The van der Waals surface area contributed by atoms with E-state index in [1.54, 1.807) is 0 Å². The molecule has 0 amide bonds. The normalized spacial score (nSPS) is 26.5. The van der Waals surface area contributed by atoms with Gasteiger partial charge in [0.15, 0.2) is 0 Å². The zero-order valence-corrected chi connectivity index (χ0v) is 10.1. The summed E-state index contributed by atoms with van der Waals surface area (Å²) in [5.74, 6) is 0.967. The van der Waals surface area contributed by atoms with Crippen LogP contribution in [0.2, 0.25) is 0 Å². The molecule has 0 saturated heterocycles. The number of nitrogens with one attached hydrogen (secondary N) is 1. The van der Waals surface area contributed by atoms with Crippen molar-refractivity contribution < 1.29 is 0 Å². The van der Waals surface area contributed by atoms with Crippen molar-refractivity contribution >= 4 is 0 Å². The van der Waals surface area contributed by atoms with Crippen molar-refractivity contribution in [3.05, 3.63) is 12.7 Å². The van der Waals surface area contributed by atoms with Crippen LogP contribution in [0.15, 0.2) is 12.7 Å². The maximum Gasteiger partial charge on any atom is 0.00685 e. The van der Waals surface area contributed by atoms with E-state index in [0.717, 1.165) is 18.5 Å². The second-order valence-corrected chi connectivity index (χ2v) is 5.87. The van der Waals surface area contributed by atoms with Gasteiger partial charge in [0.2, 0.25) is 0 Å². The van der Waals surface area contributed by atoms with Gasteiger partial charge in [-0.3, -0.25) is 0 Å². The highest BCUT2D eigenvalue weighted by Crippen LogP contribution is 2.36. The maximum atomic E-state index is 4.03. The van der Waals surface area contributed by atoms with Crippen LogP contribution in [-0.2, 0) is 0 Å². The van der Waals surface area contributed by atoms with Crippen molar-refractivity contribution in [1.82, 2.24) is 5.32 Å². The molecule has 2 fully saturated rings. The fourth-order valence-electron chi connectivity index (χ4n) is 2.77. The van der Waals surface area contributed by atoms with Gasteiger partial charge >= 0.3 is 0 Å². The predicted molar refractivity (Wildman–Crippen MR) is 65.9 cm³/mol. The number of hydrogen-bond donors (Lipinski definition) is 1. The minimum atomic E-state index is 0.331. The molecule has 1 N–H and O–H groups in total. The molecule has 0 aromatic rings. The Hall–Kier alpha value is -0.300. The molecule has 2 aliphatic carbocycles. The Morgan fingerprint density at radius 2 is 1.93 bits per heavy atom. The number of hydrogen-bond acceptors (Lipinski definition) is 1.